The third-order valence-electron chi connectivity index (χ3n) is 3.60. The first kappa shape index (κ1) is 17.8. The summed E-state index contributed by atoms with van der Waals surface area (Å²) in [6.45, 7) is 3.16. The molecule has 0 unspecified atom stereocenters. The number of pyridine rings is 1. The van der Waals surface area contributed by atoms with Gasteiger partial charge >= 0.3 is 0 Å². The summed E-state index contributed by atoms with van der Waals surface area (Å²) in [7, 11) is 1.60. The van der Waals surface area contributed by atoms with Crippen molar-refractivity contribution in [3.05, 3.63) is 71.8 Å². The summed E-state index contributed by atoms with van der Waals surface area (Å²) in [6, 6.07) is 11.7. The van der Waals surface area contributed by atoms with Gasteiger partial charge in [0.15, 0.2) is 0 Å². The van der Waals surface area contributed by atoms with E-state index >= 15 is 0 Å². The number of halogens is 1. The van der Waals surface area contributed by atoms with Gasteiger partial charge in [-0.05, 0) is 42.3 Å². The maximum Gasteiger partial charge on any atom is 0.247 e. The standard InChI is InChI=1S/C19H21FN2O2/c1-15(16-6-8-17(20)9-7-16)13-19(23)22(11-12-24-2)14-18-5-3-4-10-21-18/h3-10,13H,11-12,14H2,1-2H3/b15-13+. The zero-order valence-electron chi connectivity index (χ0n) is 13.9. The van der Waals surface area contributed by atoms with Crippen LogP contribution in [0.25, 0.3) is 5.57 Å². The number of hydrogen-bond acceptors (Lipinski definition) is 3. The highest BCUT2D eigenvalue weighted by molar-refractivity contribution is 5.94. The van der Waals surface area contributed by atoms with Crippen LogP contribution in [-0.2, 0) is 16.1 Å². The number of hydrogen-bond donors (Lipinski definition) is 0. The Hall–Kier alpha value is -2.53. The largest absolute Gasteiger partial charge is 0.383 e. The summed E-state index contributed by atoms with van der Waals surface area (Å²) in [5.74, 6) is -0.422. The van der Waals surface area contributed by atoms with Crippen LogP contribution in [-0.4, -0.2) is 36.1 Å². The number of aromatic nitrogens is 1. The second kappa shape index (κ2) is 8.93. The SMILES string of the molecule is COCCN(Cc1ccccn1)C(=O)/C=C(\C)c1ccc(F)cc1. The smallest absolute Gasteiger partial charge is 0.247 e. The van der Waals surface area contributed by atoms with Gasteiger partial charge in [0.2, 0.25) is 5.91 Å². The Morgan fingerprint density at radius 1 is 1.25 bits per heavy atom. The summed E-state index contributed by atoms with van der Waals surface area (Å²) >= 11 is 0. The highest BCUT2D eigenvalue weighted by Crippen LogP contribution is 2.15. The minimum atomic E-state index is -0.297. The molecule has 0 spiro atoms. The van der Waals surface area contributed by atoms with Gasteiger partial charge in [-0.3, -0.25) is 9.78 Å². The lowest BCUT2D eigenvalue weighted by Crippen LogP contribution is -2.32. The van der Waals surface area contributed by atoms with Gasteiger partial charge in [-0.25, -0.2) is 4.39 Å². The number of methoxy groups -OCH3 is 1. The molecule has 1 aromatic heterocycles. The van der Waals surface area contributed by atoms with Crippen LogP contribution in [0.15, 0.2) is 54.7 Å². The van der Waals surface area contributed by atoms with E-state index in [1.807, 2.05) is 25.1 Å². The van der Waals surface area contributed by atoms with E-state index in [-0.39, 0.29) is 11.7 Å². The van der Waals surface area contributed by atoms with E-state index in [2.05, 4.69) is 4.98 Å². The molecule has 0 radical (unpaired) electrons. The third kappa shape index (κ3) is 5.28. The van der Waals surface area contributed by atoms with Crippen molar-refractivity contribution in [3.8, 4) is 0 Å². The number of amides is 1. The topological polar surface area (TPSA) is 42.4 Å². The van der Waals surface area contributed by atoms with Crippen LogP contribution in [0.3, 0.4) is 0 Å². The van der Waals surface area contributed by atoms with Gasteiger partial charge in [0, 0.05) is 25.9 Å². The predicted octanol–water partition coefficient (Wildman–Crippen LogP) is 3.30. The molecule has 0 saturated carbocycles. The molecule has 5 heteroatoms. The van der Waals surface area contributed by atoms with Crippen molar-refractivity contribution in [3.63, 3.8) is 0 Å². The first-order valence-corrected chi connectivity index (χ1v) is 7.72. The fourth-order valence-corrected chi connectivity index (χ4v) is 2.23. The molecular weight excluding hydrogens is 307 g/mol. The van der Waals surface area contributed by atoms with Gasteiger partial charge in [-0.15, -0.1) is 0 Å². The number of rotatable bonds is 7. The number of carbonyl (C=O) groups excluding carboxylic acids is 1. The van der Waals surface area contributed by atoms with Crippen molar-refractivity contribution in [2.75, 3.05) is 20.3 Å². The van der Waals surface area contributed by atoms with Crippen molar-refractivity contribution in [2.24, 2.45) is 0 Å². The molecule has 24 heavy (non-hydrogen) atoms. The van der Waals surface area contributed by atoms with Crippen LogP contribution < -0.4 is 0 Å². The summed E-state index contributed by atoms with van der Waals surface area (Å²) in [5.41, 5.74) is 2.41. The molecule has 0 N–H and O–H groups in total. The van der Waals surface area contributed by atoms with E-state index in [1.54, 1.807) is 36.4 Å². The zero-order chi connectivity index (χ0) is 17.4. The molecule has 2 rings (SSSR count). The molecule has 2 aromatic rings. The van der Waals surface area contributed by atoms with Gasteiger partial charge in [0.05, 0.1) is 18.8 Å². The van der Waals surface area contributed by atoms with E-state index in [1.165, 1.54) is 12.1 Å². The van der Waals surface area contributed by atoms with E-state index in [0.717, 1.165) is 16.8 Å². The predicted molar refractivity (Wildman–Crippen MR) is 91.6 cm³/mol. The molecule has 1 heterocycles. The molecule has 0 aliphatic rings. The molecule has 0 saturated heterocycles. The Bertz CT molecular complexity index is 684. The molecule has 0 bridgehead atoms. The van der Waals surface area contributed by atoms with Gasteiger partial charge in [0.1, 0.15) is 5.82 Å². The Balaban J connectivity index is 2.14. The van der Waals surface area contributed by atoms with Gasteiger partial charge in [0.25, 0.3) is 0 Å². The van der Waals surface area contributed by atoms with Crippen molar-refractivity contribution in [1.29, 1.82) is 0 Å². The second-order valence-corrected chi connectivity index (χ2v) is 5.41. The Morgan fingerprint density at radius 2 is 2.00 bits per heavy atom. The lowest BCUT2D eigenvalue weighted by atomic mass is 10.1. The Kier molecular flexibility index (Phi) is 6.63. The van der Waals surface area contributed by atoms with Crippen molar-refractivity contribution < 1.29 is 13.9 Å². The summed E-state index contributed by atoms with van der Waals surface area (Å²) in [5, 5.41) is 0. The van der Waals surface area contributed by atoms with Crippen molar-refractivity contribution in [2.45, 2.75) is 13.5 Å². The minimum absolute atomic E-state index is 0.125. The molecule has 1 aromatic carbocycles. The molecule has 0 aliphatic heterocycles. The molecule has 0 atom stereocenters. The second-order valence-electron chi connectivity index (χ2n) is 5.41. The highest BCUT2D eigenvalue weighted by Gasteiger charge is 2.13. The van der Waals surface area contributed by atoms with Gasteiger partial charge < -0.3 is 9.64 Å². The summed E-state index contributed by atoms with van der Waals surface area (Å²) < 4.78 is 18.1. The van der Waals surface area contributed by atoms with Gasteiger partial charge in [-0.2, -0.15) is 0 Å². The zero-order valence-corrected chi connectivity index (χ0v) is 13.9. The highest BCUT2D eigenvalue weighted by atomic mass is 19.1. The molecule has 0 aliphatic carbocycles. The van der Waals surface area contributed by atoms with E-state index < -0.39 is 0 Å². The lowest BCUT2D eigenvalue weighted by molar-refractivity contribution is -0.127. The maximum atomic E-state index is 13.0. The Morgan fingerprint density at radius 3 is 2.62 bits per heavy atom. The Labute approximate surface area is 141 Å². The van der Waals surface area contributed by atoms with E-state index in [4.69, 9.17) is 4.74 Å². The van der Waals surface area contributed by atoms with Crippen molar-refractivity contribution >= 4 is 11.5 Å². The molecule has 4 nitrogen and oxygen atoms in total. The molecule has 0 fully saturated rings. The fraction of sp³-hybridized carbons (Fsp3) is 0.263. The lowest BCUT2D eigenvalue weighted by Gasteiger charge is -2.21. The number of allylic oxidation sites excluding steroid dienone is 1. The van der Waals surface area contributed by atoms with Crippen LogP contribution in [0.2, 0.25) is 0 Å². The molecule has 126 valence electrons. The first-order chi connectivity index (χ1) is 11.6. The summed E-state index contributed by atoms with van der Waals surface area (Å²) in [4.78, 5) is 18.5. The normalized spacial score (nSPS) is 11.4. The average Bonchev–Trinajstić information content (AvgIpc) is 2.60. The van der Waals surface area contributed by atoms with Crippen LogP contribution in [0.5, 0.6) is 0 Å². The van der Waals surface area contributed by atoms with Crippen LogP contribution in [0.1, 0.15) is 18.2 Å². The number of carbonyl (C=O) groups is 1. The van der Waals surface area contributed by atoms with Gasteiger partial charge in [-0.1, -0.05) is 18.2 Å². The number of ether oxygens (including phenoxy) is 1. The monoisotopic (exact) mass is 328 g/mol. The maximum absolute atomic E-state index is 13.0. The molecule has 1 amide bonds. The van der Waals surface area contributed by atoms with Crippen LogP contribution >= 0.6 is 0 Å². The fourth-order valence-electron chi connectivity index (χ4n) is 2.23. The minimum Gasteiger partial charge on any atom is -0.383 e. The quantitative estimate of drug-likeness (QED) is 0.733. The number of benzene rings is 1. The van der Waals surface area contributed by atoms with E-state index in [9.17, 15) is 9.18 Å². The third-order valence-corrected chi connectivity index (χ3v) is 3.60. The number of nitrogens with zero attached hydrogens (tertiary/aromatic N) is 2. The van der Waals surface area contributed by atoms with Crippen molar-refractivity contribution in [1.82, 2.24) is 9.88 Å². The first-order valence-electron chi connectivity index (χ1n) is 7.72. The molecular formula is C19H21FN2O2. The van der Waals surface area contributed by atoms with Crippen LogP contribution in [0, 0.1) is 5.82 Å². The summed E-state index contributed by atoms with van der Waals surface area (Å²) in [6.07, 6.45) is 3.26. The average molecular weight is 328 g/mol. The van der Waals surface area contributed by atoms with E-state index in [0.29, 0.717) is 19.7 Å². The van der Waals surface area contributed by atoms with Crippen LogP contribution in [0.4, 0.5) is 4.39 Å².